The molecule has 0 bridgehead atoms. The lowest BCUT2D eigenvalue weighted by molar-refractivity contribution is 0.0772. The number of nitrogens with one attached hydrogen (secondary N) is 1. The molecule has 1 unspecified atom stereocenters. The molecule has 0 saturated heterocycles. The predicted octanol–water partition coefficient (Wildman–Crippen LogP) is 5.98. The van der Waals surface area contributed by atoms with Crippen LogP contribution in [0.4, 0.5) is 0 Å². The summed E-state index contributed by atoms with van der Waals surface area (Å²) in [7, 11) is 0. The largest absolute Gasteiger partial charge is 0.369 e. The van der Waals surface area contributed by atoms with Crippen LogP contribution in [0, 0.1) is 13.8 Å². The Bertz CT molecular complexity index is 809. The van der Waals surface area contributed by atoms with Gasteiger partial charge in [0.1, 0.15) is 6.10 Å². The van der Waals surface area contributed by atoms with Crippen LogP contribution in [0.25, 0.3) is 0 Å². The van der Waals surface area contributed by atoms with Crippen LogP contribution >= 0.6 is 0 Å². The highest BCUT2D eigenvalue weighted by molar-refractivity contribution is 5.31. The van der Waals surface area contributed by atoms with Gasteiger partial charge in [-0.05, 0) is 49.9 Å². The second-order valence-electron chi connectivity index (χ2n) is 7.44. The van der Waals surface area contributed by atoms with Gasteiger partial charge >= 0.3 is 0 Å². The SMILES string of the molecule is Cc1ccc(CNCCCCOC(c2ccccc2)c2ccc(C)cc2)cc1. The Morgan fingerprint density at radius 3 is 2.00 bits per heavy atom. The van der Waals surface area contributed by atoms with Gasteiger partial charge in [-0.1, -0.05) is 90.0 Å². The van der Waals surface area contributed by atoms with Gasteiger partial charge in [0, 0.05) is 13.2 Å². The summed E-state index contributed by atoms with van der Waals surface area (Å²) < 4.78 is 6.30. The van der Waals surface area contributed by atoms with Crippen molar-refractivity contribution >= 4 is 0 Å². The molecular weight excluding hydrogens is 342 g/mol. The van der Waals surface area contributed by atoms with E-state index in [1.165, 1.54) is 27.8 Å². The number of rotatable bonds is 10. The van der Waals surface area contributed by atoms with Crippen molar-refractivity contribution in [1.82, 2.24) is 5.32 Å². The van der Waals surface area contributed by atoms with E-state index in [1.54, 1.807) is 0 Å². The molecule has 0 saturated carbocycles. The van der Waals surface area contributed by atoms with Gasteiger partial charge < -0.3 is 10.1 Å². The summed E-state index contributed by atoms with van der Waals surface area (Å²) in [4.78, 5) is 0. The maximum atomic E-state index is 6.30. The van der Waals surface area contributed by atoms with Crippen LogP contribution in [0.1, 0.15) is 46.8 Å². The van der Waals surface area contributed by atoms with Gasteiger partial charge in [0.25, 0.3) is 0 Å². The van der Waals surface area contributed by atoms with Crippen LogP contribution in [0.5, 0.6) is 0 Å². The molecule has 0 aliphatic rings. The summed E-state index contributed by atoms with van der Waals surface area (Å²) in [5.74, 6) is 0. The highest BCUT2D eigenvalue weighted by Crippen LogP contribution is 2.26. The van der Waals surface area contributed by atoms with Crippen molar-refractivity contribution in [3.8, 4) is 0 Å². The molecule has 3 rings (SSSR count). The summed E-state index contributed by atoms with van der Waals surface area (Å²) in [6, 6.07) is 27.9. The van der Waals surface area contributed by atoms with E-state index in [4.69, 9.17) is 4.74 Å². The van der Waals surface area contributed by atoms with Crippen LogP contribution in [-0.4, -0.2) is 13.2 Å². The van der Waals surface area contributed by atoms with E-state index in [0.717, 1.165) is 32.5 Å². The maximum absolute atomic E-state index is 6.30. The molecule has 0 fully saturated rings. The van der Waals surface area contributed by atoms with E-state index in [9.17, 15) is 0 Å². The average Bonchev–Trinajstić information content (AvgIpc) is 2.73. The molecular formula is C26H31NO. The Labute approximate surface area is 169 Å². The summed E-state index contributed by atoms with van der Waals surface area (Å²) in [6.45, 7) is 6.94. The quantitative estimate of drug-likeness (QED) is 0.441. The lowest BCUT2D eigenvalue weighted by Crippen LogP contribution is -2.15. The third-order valence-corrected chi connectivity index (χ3v) is 4.96. The molecule has 3 aromatic rings. The summed E-state index contributed by atoms with van der Waals surface area (Å²) in [6.07, 6.45) is 2.17. The maximum Gasteiger partial charge on any atom is 0.108 e. The molecule has 146 valence electrons. The smallest absolute Gasteiger partial charge is 0.108 e. The normalized spacial score (nSPS) is 12.1. The molecule has 0 aliphatic carbocycles. The van der Waals surface area contributed by atoms with Crippen LogP contribution in [0.3, 0.4) is 0 Å². The summed E-state index contributed by atoms with van der Waals surface area (Å²) in [5.41, 5.74) is 6.35. The molecule has 2 nitrogen and oxygen atoms in total. The van der Waals surface area contributed by atoms with Crippen molar-refractivity contribution in [3.05, 3.63) is 107 Å². The highest BCUT2D eigenvalue weighted by Gasteiger charge is 2.14. The second kappa shape index (κ2) is 10.8. The van der Waals surface area contributed by atoms with Crippen molar-refractivity contribution in [2.45, 2.75) is 39.3 Å². The van der Waals surface area contributed by atoms with Crippen LogP contribution in [-0.2, 0) is 11.3 Å². The first kappa shape index (κ1) is 20.3. The molecule has 1 atom stereocenters. The summed E-state index contributed by atoms with van der Waals surface area (Å²) in [5, 5.41) is 3.52. The highest BCUT2D eigenvalue weighted by atomic mass is 16.5. The van der Waals surface area contributed by atoms with Crippen molar-refractivity contribution in [3.63, 3.8) is 0 Å². The topological polar surface area (TPSA) is 21.3 Å². The fourth-order valence-electron chi connectivity index (χ4n) is 3.25. The zero-order valence-corrected chi connectivity index (χ0v) is 17.0. The van der Waals surface area contributed by atoms with E-state index < -0.39 is 0 Å². The molecule has 1 N–H and O–H groups in total. The van der Waals surface area contributed by atoms with Crippen LogP contribution in [0.2, 0.25) is 0 Å². The van der Waals surface area contributed by atoms with Crippen LogP contribution < -0.4 is 5.32 Å². The van der Waals surface area contributed by atoms with E-state index in [-0.39, 0.29) is 6.10 Å². The molecule has 28 heavy (non-hydrogen) atoms. The number of hydrogen-bond donors (Lipinski definition) is 1. The Kier molecular flexibility index (Phi) is 7.83. The molecule has 2 heteroatoms. The summed E-state index contributed by atoms with van der Waals surface area (Å²) >= 11 is 0. The van der Waals surface area contributed by atoms with Crippen molar-refractivity contribution in [2.75, 3.05) is 13.2 Å². The zero-order valence-electron chi connectivity index (χ0n) is 17.0. The minimum atomic E-state index is 0.00215. The first-order valence-electron chi connectivity index (χ1n) is 10.2. The van der Waals surface area contributed by atoms with Gasteiger partial charge in [-0.2, -0.15) is 0 Å². The monoisotopic (exact) mass is 373 g/mol. The fourth-order valence-corrected chi connectivity index (χ4v) is 3.25. The van der Waals surface area contributed by atoms with Gasteiger partial charge in [0.15, 0.2) is 0 Å². The van der Waals surface area contributed by atoms with Crippen molar-refractivity contribution in [1.29, 1.82) is 0 Å². The third-order valence-electron chi connectivity index (χ3n) is 4.96. The molecule has 0 spiro atoms. The molecule has 3 aromatic carbocycles. The molecule has 0 aliphatic heterocycles. The Morgan fingerprint density at radius 2 is 1.32 bits per heavy atom. The molecule has 0 radical (unpaired) electrons. The Morgan fingerprint density at radius 1 is 0.714 bits per heavy atom. The minimum absolute atomic E-state index is 0.00215. The lowest BCUT2D eigenvalue weighted by atomic mass is 10.0. The number of benzene rings is 3. The van der Waals surface area contributed by atoms with Crippen molar-refractivity contribution in [2.24, 2.45) is 0 Å². The van der Waals surface area contributed by atoms with Gasteiger partial charge in [0.2, 0.25) is 0 Å². The van der Waals surface area contributed by atoms with E-state index in [2.05, 4.69) is 98.0 Å². The minimum Gasteiger partial charge on any atom is -0.369 e. The first-order chi connectivity index (χ1) is 13.7. The Hall–Kier alpha value is -2.42. The van der Waals surface area contributed by atoms with Gasteiger partial charge in [-0.15, -0.1) is 0 Å². The zero-order chi connectivity index (χ0) is 19.6. The lowest BCUT2D eigenvalue weighted by Gasteiger charge is -2.19. The van der Waals surface area contributed by atoms with E-state index in [0.29, 0.717) is 0 Å². The van der Waals surface area contributed by atoms with Crippen molar-refractivity contribution < 1.29 is 4.74 Å². The van der Waals surface area contributed by atoms with E-state index in [1.807, 2.05) is 0 Å². The number of ether oxygens (including phenoxy) is 1. The number of aryl methyl sites for hydroxylation is 2. The fraction of sp³-hybridized carbons (Fsp3) is 0.308. The molecule has 0 amide bonds. The second-order valence-corrected chi connectivity index (χ2v) is 7.44. The van der Waals surface area contributed by atoms with Gasteiger partial charge in [0.05, 0.1) is 0 Å². The average molecular weight is 374 g/mol. The van der Waals surface area contributed by atoms with Gasteiger partial charge in [-0.25, -0.2) is 0 Å². The standard InChI is InChI=1S/C26H31NO/c1-21-10-14-23(15-11-21)20-27-18-6-7-19-28-26(24-8-4-3-5-9-24)25-16-12-22(2)13-17-25/h3-5,8-17,26-27H,6-7,18-20H2,1-2H3. The number of hydrogen-bond acceptors (Lipinski definition) is 2. The van der Waals surface area contributed by atoms with Crippen LogP contribution in [0.15, 0.2) is 78.9 Å². The van der Waals surface area contributed by atoms with E-state index >= 15 is 0 Å². The number of unbranched alkanes of at least 4 members (excludes halogenated alkanes) is 1. The third kappa shape index (κ3) is 6.33. The Balaban J connectivity index is 1.44. The molecule has 0 aromatic heterocycles. The van der Waals surface area contributed by atoms with Gasteiger partial charge in [-0.3, -0.25) is 0 Å². The first-order valence-corrected chi connectivity index (χ1v) is 10.2. The predicted molar refractivity (Wildman–Crippen MR) is 118 cm³/mol. The molecule has 0 heterocycles.